The molecule has 0 atom stereocenters. The standard InChI is InChI=1S/C29H26N4O5/c1-3-20-8-6-7-11-23(20)31-27(34)17-33-28(35)24(32-29(33)36)14-19-12-13-25(26(15-19)37-2)38-18-22-10-5-4-9-21(22)16-30/h4-15H,3,17-18H2,1-2H3,(H,31,34)(H,32,36)/b24-14+. The number of methoxy groups -OCH3 is 1. The molecule has 0 aromatic heterocycles. The largest absolute Gasteiger partial charge is 0.493 e. The number of anilines is 1. The number of aryl methyl sites for hydroxylation is 1. The van der Waals surface area contributed by atoms with Crippen molar-refractivity contribution in [1.82, 2.24) is 10.2 Å². The molecule has 1 saturated heterocycles. The van der Waals surface area contributed by atoms with E-state index in [0.29, 0.717) is 28.3 Å². The highest BCUT2D eigenvalue weighted by molar-refractivity contribution is 6.16. The zero-order valence-corrected chi connectivity index (χ0v) is 21.0. The average Bonchev–Trinajstić information content (AvgIpc) is 3.19. The fraction of sp³-hybridized carbons (Fsp3) is 0.172. The molecule has 9 nitrogen and oxygen atoms in total. The number of rotatable bonds is 9. The van der Waals surface area contributed by atoms with Crippen molar-refractivity contribution in [3.8, 4) is 17.6 Å². The highest BCUT2D eigenvalue weighted by atomic mass is 16.5. The van der Waals surface area contributed by atoms with Crippen molar-refractivity contribution >= 4 is 29.6 Å². The Balaban J connectivity index is 1.44. The Morgan fingerprint density at radius 3 is 2.53 bits per heavy atom. The molecule has 1 aliphatic heterocycles. The molecule has 4 rings (SSSR count). The number of benzene rings is 3. The van der Waals surface area contributed by atoms with E-state index in [4.69, 9.17) is 9.47 Å². The van der Waals surface area contributed by atoms with Crippen LogP contribution in [0.25, 0.3) is 6.08 Å². The number of imide groups is 1. The Morgan fingerprint density at radius 1 is 1.05 bits per heavy atom. The molecule has 38 heavy (non-hydrogen) atoms. The highest BCUT2D eigenvalue weighted by Gasteiger charge is 2.35. The first kappa shape index (κ1) is 26.0. The SMILES string of the molecule is CCc1ccccc1NC(=O)CN1C(=O)N/C(=C/c2ccc(OCc3ccccc3C#N)c(OC)c2)C1=O. The minimum atomic E-state index is -0.678. The van der Waals surface area contributed by atoms with E-state index in [-0.39, 0.29) is 12.3 Å². The molecular formula is C29H26N4O5. The lowest BCUT2D eigenvalue weighted by Crippen LogP contribution is -2.38. The van der Waals surface area contributed by atoms with E-state index in [1.807, 2.05) is 31.2 Å². The summed E-state index contributed by atoms with van der Waals surface area (Å²) in [6, 6.07) is 21.0. The number of nitriles is 1. The van der Waals surface area contributed by atoms with Crippen LogP contribution in [-0.4, -0.2) is 36.4 Å². The van der Waals surface area contributed by atoms with E-state index in [1.165, 1.54) is 13.2 Å². The first-order valence-corrected chi connectivity index (χ1v) is 11.9. The third-order valence-electron chi connectivity index (χ3n) is 5.96. The van der Waals surface area contributed by atoms with Crippen LogP contribution in [0.5, 0.6) is 11.5 Å². The van der Waals surface area contributed by atoms with Gasteiger partial charge in [0.05, 0.1) is 18.7 Å². The number of urea groups is 1. The van der Waals surface area contributed by atoms with Crippen LogP contribution < -0.4 is 20.1 Å². The second-order valence-electron chi connectivity index (χ2n) is 8.41. The van der Waals surface area contributed by atoms with Crippen LogP contribution in [0, 0.1) is 11.3 Å². The van der Waals surface area contributed by atoms with Crippen LogP contribution >= 0.6 is 0 Å². The zero-order chi connectivity index (χ0) is 27.1. The number of amides is 4. The van der Waals surface area contributed by atoms with Crippen LogP contribution in [0.4, 0.5) is 10.5 Å². The number of para-hydroxylation sites is 1. The predicted molar refractivity (Wildman–Crippen MR) is 141 cm³/mol. The van der Waals surface area contributed by atoms with Gasteiger partial charge in [0.2, 0.25) is 5.91 Å². The molecule has 0 bridgehead atoms. The molecule has 4 amide bonds. The lowest BCUT2D eigenvalue weighted by atomic mass is 10.1. The quantitative estimate of drug-likeness (QED) is 0.328. The van der Waals surface area contributed by atoms with Gasteiger partial charge in [0.1, 0.15) is 18.8 Å². The Hall–Kier alpha value is -5.10. The molecule has 0 aliphatic carbocycles. The van der Waals surface area contributed by atoms with E-state index in [1.54, 1.807) is 42.5 Å². The molecule has 0 unspecified atom stereocenters. The minimum absolute atomic E-state index is 0.0374. The summed E-state index contributed by atoms with van der Waals surface area (Å²) < 4.78 is 11.3. The van der Waals surface area contributed by atoms with Gasteiger partial charge >= 0.3 is 6.03 Å². The average molecular weight is 511 g/mol. The maximum absolute atomic E-state index is 12.9. The van der Waals surface area contributed by atoms with Gasteiger partial charge in [-0.15, -0.1) is 0 Å². The molecule has 3 aromatic carbocycles. The van der Waals surface area contributed by atoms with Crippen molar-refractivity contribution in [3.05, 3.63) is 94.7 Å². The van der Waals surface area contributed by atoms with Crippen molar-refractivity contribution in [2.24, 2.45) is 0 Å². The second-order valence-corrected chi connectivity index (χ2v) is 8.41. The third-order valence-corrected chi connectivity index (χ3v) is 5.96. The second kappa shape index (κ2) is 11.8. The summed E-state index contributed by atoms with van der Waals surface area (Å²) in [5.41, 5.74) is 3.48. The van der Waals surface area contributed by atoms with Crippen LogP contribution in [0.2, 0.25) is 0 Å². The van der Waals surface area contributed by atoms with Crippen molar-refractivity contribution in [1.29, 1.82) is 5.26 Å². The fourth-order valence-corrected chi connectivity index (χ4v) is 3.97. The summed E-state index contributed by atoms with van der Waals surface area (Å²) in [5.74, 6) is -0.218. The Morgan fingerprint density at radius 2 is 1.79 bits per heavy atom. The number of carbonyl (C=O) groups is 3. The van der Waals surface area contributed by atoms with Gasteiger partial charge in [0.15, 0.2) is 11.5 Å². The molecule has 1 fully saturated rings. The van der Waals surface area contributed by atoms with E-state index in [9.17, 15) is 19.6 Å². The number of nitrogens with zero attached hydrogens (tertiary/aromatic N) is 2. The van der Waals surface area contributed by atoms with Crippen molar-refractivity contribution in [2.45, 2.75) is 20.0 Å². The summed E-state index contributed by atoms with van der Waals surface area (Å²) in [6.07, 6.45) is 2.23. The molecule has 192 valence electrons. The number of nitrogens with one attached hydrogen (secondary N) is 2. The molecule has 3 aromatic rings. The molecule has 0 spiro atoms. The van der Waals surface area contributed by atoms with Gasteiger partial charge in [0.25, 0.3) is 5.91 Å². The van der Waals surface area contributed by atoms with Crippen LogP contribution in [0.15, 0.2) is 72.4 Å². The Bertz CT molecular complexity index is 1460. The van der Waals surface area contributed by atoms with Crippen LogP contribution in [0.1, 0.15) is 29.2 Å². The number of hydrogen-bond donors (Lipinski definition) is 2. The lowest BCUT2D eigenvalue weighted by Gasteiger charge is -2.13. The smallest absolute Gasteiger partial charge is 0.329 e. The van der Waals surface area contributed by atoms with Gasteiger partial charge in [0, 0.05) is 11.3 Å². The maximum atomic E-state index is 12.9. The summed E-state index contributed by atoms with van der Waals surface area (Å²) in [6.45, 7) is 1.73. The van der Waals surface area contributed by atoms with Gasteiger partial charge in [-0.05, 0) is 47.9 Å². The molecule has 1 aliphatic rings. The Labute approximate surface area is 220 Å². The van der Waals surface area contributed by atoms with Crippen LogP contribution in [0.3, 0.4) is 0 Å². The normalized spacial score (nSPS) is 13.7. The molecule has 9 heteroatoms. The van der Waals surface area contributed by atoms with E-state index < -0.39 is 24.4 Å². The highest BCUT2D eigenvalue weighted by Crippen LogP contribution is 2.30. The molecule has 0 radical (unpaired) electrons. The number of ether oxygens (including phenoxy) is 2. The lowest BCUT2D eigenvalue weighted by molar-refractivity contribution is -0.127. The van der Waals surface area contributed by atoms with E-state index in [2.05, 4.69) is 16.7 Å². The summed E-state index contributed by atoms with van der Waals surface area (Å²) >= 11 is 0. The summed E-state index contributed by atoms with van der Waals surface area (Å²) in [4.78, 5) is 38.8. The van der Waals surface area contributed by atoms with Gasteiger partial charge in [-0.25, -0.2) is 9.69 Å². The first-order chi connectivity index (χ1) is 18.4. The third kappa shape index (κ3) is 5.82. The topological polar surface area (TPSA) is 121 Å². The van der Waals surface area contributed by atoms with Crippen molar-refractivity contribution in [2.75, 3.05) is 19.0 Å². The van der Waals surface area contributed by atoms with E-state index >= 15 is 0 Å². The van der Waals surface area contributed by atoms with E-state index in [0.717, 1.165) is 22.4 Å². The van der Waals surface area contributed by atoms with Crippen molar-refractivity contribution < 1.29 is 23.9 Å². The van der Waals surface area contributed by atoms with Gasteiger partial charge in [-0.2, -0.15) is 5.26 Å². The molecular weight excluding hydrogens is 484 g/mol. The van der Waals surface area contributed by atoms with Gasteiger partial charge in [-0.1, -0.05) is 49.4 Å². The molecule has 1 heterocycles. The minimum Gasteiger partial charge on any atom is -0.493 e. The summed E-state index contributed by atoms with van der Waals surface area (Å²) in [7, 11) is 1.49. The zero-order valence-electron chi connectivity index (χ0n) is 21.0. The molecule has 2 N–H and O–H groups in total. The monoisotopic (exact) mass is 510 g/mol. The number of carbonyl (C=O) groups excluding carboxylic acids is 3. The Kier molecular flexibility index (Phi) is 8.04. The van der Waals surface area contributed by atoms with Crippen LogP contribution in [-0.2, 0) is 22.6 Å². The summed E-state index contributed by atoms with van der Waals surface area (Å²) in [5, 5.41) is 14.6. The van der Waals surface area contributed by atoms with Crippen molar-refractivity contribution in [3.63, 3.8) is 0 Å². The van der Waals surface area contributed by atoms with Gasteiger partial charge < -0.3 is 20.1 Å². The molecule has 0 saturated carbocycles. The number of hydrogen-bond acceptors (Lipinski definition) is 6. The fourth-order valence-electron chi connectivity index (χ4n) is 3.97. The first-order valence-electron chi connectivity index (χ1n) is 11.9. The van der Waals surface area contributed by atoms with Gasteiger partial charge in [-0.3, -0.25) is 9.59 Å². The maximum Gasteiger partial charge on any atom is 0.329 e. The predicted octanol–water partition coefficient (Wildman–Crippen LogP) is 4.24.